The molecule has 0 aliphatic heterocycles. The average Bonchev–Trinajstić information content (AvgIpc) is 2.98. The van der Waals surface area contributed by atoms with E-state index >= 15 is 0 Å². The van der Waals surface area contributed by atoms with Crippen LogP contribution in [0.25, 0.3) is 0 Å². The van der Waals surface area contributed by atoms with Crippen molar-refractivity contribution in [1.82, 2.24) is 4.90 Å². The molecule has 7 atom stereocenters. The third kappa shape index (κ3) is 3.34. The first-order chi connectivity index (χ1) is 12.9. The first kappa shape index (κ1) is 20.0. The number of allylic oxidation sites excluding steroid dienone is 2. The van der Waals surface area contributed by atoms with Crippen LogP contribution in [-0.2, 0) is 0 Å². The molecule has 0 aromatic heterocycles. The van der Waals surface area contributed by atoms with E-state index in [0.29, 0.717) is 10.8 Å². The van der Waals surface area contributed by atoms with Crippen molar-refractivity contribution in [2.24, 2.45) is 40.4 Å². The van der Waals surface area contributed by atoms with Gasteiger partial charge in [0.2, 0.25) is 0 Å². The lowest BCUT2D eigenvalue weighted by Crippen LogP contribution is -2.50. The van der Waals surface area contributed by atoms with Crippen molar-refractivity contribution in [1.29, 1.82) is 0 Å². The molecular weight excluding hydrogens is 326 g/mol. The fourth-order valence-electron chi connectivity index (χ4n) is 8.60. The van der Waals surface area contributed by atoms with Gasteiger partial charge in [0.1, 0.15) is 0 Å². The molecule has 0 N–H and O–H groups in total. The van der Waals surface area contributed by atoms with Gasteiger partial charge in [0.05, 0.1) is 0 Å². The Bertz CT molecular complexity index is 563. The van der Waals surface area contributed by atoms with Crippen molar-refractivity contribution < 1.29 is 0 Å². The highest BCUT2D eigenvalue weighted by Gasteiger charge is 2.58. The van der Waals surface area contributed by atoms with Gasteiger partial charge in [-0.1, -0.05) is 38.8 Å². The lowest BCUT2D eigenvalue weighted by molar-refractivity contribution is -0.0500. The lowest BCUT2D eigenvalue weighted by atomic mass is 9.47. The molecule has 4 rings (SSSR count). The summed E-state index contributed by atoms with van der Waals surface area (Å²) in [6.07, 6.45) is 18.9. The van der Waals surface area contributed by atoms with Crippen LogP contribution in [0.5, 0.6) is 0 Å². The summed E-state index contributed by atoms with van der Waals surface area (Å²) in [5.74, 6) is 4.90. The van der Waals surface area contributed by atoms with Crippen molar-refractivity contribution in [3.63, 3.8) is 0 Å². The van der Waals surface area contributed by atoms with Gasteiger partial charge >= 0.3 is 0 Å². The molecule has 27 heavy (non-hydrogen) atoms. The van der Waals surface area contributed by atoms with Crippen LogP contribution in [0.3, 0.4) is 0 Å². The van der Waals surface area contributed by atoms with E-state index in [1.54, 1.807) is 0 Å². The van der Waals surface area contributed by atoms with E-state index in [-0.39, 0.29) is 0 Å². The maximum Gasteiger partial charge on any atom is -0.00247 e. The van der Waals surface area contributed by atoms with E-state index in [2.05, 4.69) is 45.8 Å². The minimum absolute atomic E-state index is 0.567. The molecular formula is C26H45N. The molecule has 0 saturated heterocycles. The molecule has 1 nitrogen and oxygen atoms in total. The molecule has 154 valence electrons. The van der Waals surface area contributed by atoms with Gasteiger partial charge in [-0.05, 0) is 125 Å². The summed E-state index contributed by atoms with van der Waals surface area (Å²) in [6, 6.07) is 0. The van der Waals surface area contributed by atoms with E-state index in [0.717, 1.165) is 29.6 Å². The third-order valence-corrected chi connectivity index (χ3v) is 10.0. The highest BCUT2D eigenvalue weighted by Crippen LogP contribution is 2.67. The zero-order chi connectivity index (χ0) is 19.2. The van der Waals surface area contributed by atoms with Gasteiger partial charge in [-0.15, -0.1) is 0 Å². The zero-order valence-corrected chi connectivity index (χ0v) is 18.9. The Kier molecular flexibility index (Phi) is 5.56. The first-order valence-electron chi connectivity index (χ1n) is 12.2. The van der Waals surface area contributed by atoms with Crippen molar-refractivity contribution in [3.05, 3.63) is 11.6 Å². The topological polar surface area (TPSA) is 3.24 Å². The molecule has 0 aromatic rings. The molecule has 0 amide bonds. The van der Waals surface area contributed by atoms with Gasteiger partial charge in [0.25, 0.3) is 0 Å². The van der Waals surface area contributed by atoms with E-state index in [1.165, 1.54) is 77.2 Å². The predicted octanol–water partition coefficient (Wildman–Crippen LogP) is 6.93. The van der Waals surface area contributed by atoms with Crippen LogP contribution in [-0.4, -0.2) is 25.5 Å². The number of nitrogens with zero attached hydrogens (tertiary/aromatic N) is 1. The van der Waals surface area contributed by atoms with E-state index in [4.69, 9.17) is 0 Å². The SMILES string of the molecule is C[C@H](CCCN(C)C)[C@H]1CC[C@H]2[C@@H]3CC=C4CCCC[C@]4(C)[C@H]3CC[C@]12C. The minimum Gasteiger partial charge on any atom is -0.309 e. The molecule has 0 radical (unpaired) electrons. The second-order valence-electron chi connectivity index (χ2n) is 11.6. The summed E-state index contributed by atoms with van der Waals surface area (Å²) in [7, 11) is 4.44. The van der Waals surface area contributed by atoms with E-state index in [9.17, 15) is 0 Å². The van der Waals surface area contributed by atoms with Crippen LogP contribution >= 0.6 is 0 Å². The maximum absolute atomic E-state index is 2.74. The highest BCUT2D eigenvalue weighted by atomic mass is 15.0. The second kappa shape index (κ2) is 7.51. The van der Waals surface area contributed by atoms with Crippen molar-refractivity contribution >= 4 is 0 Å². The van der Waals surface area contributed by atoms with E-state index in [1.807, 2.05) is 5.57 Å². The van der Waals surface area contributed by atoms with Crippen molar-refractivity contribution in [3.8, 4) is 0 Å². The third-order valence-electron chi connectivity index (χ3n) is 10.0. The van der Waals surface area contributed by atoms with Crippen molar-refractivity contribution in [2.45, 2.75) is 91.4 Å². The van der Waals surface area contributed by atoms with Crippen LogP contribution in [0.1, 0.15) is 91.4 Å². The van der Waals surface area contributed by atoms with Gasteiger partial charge in [0.15, 0.2) is 0 Å². The van der Waals surface area contributed by atoms with Crippen molar-refractivity contribution in [2.75, 3.05) is 20.6 Å². The molecule has 0 bridgehead atoms. The number of hydrogen-bond acceptors (Lipinski definition) is 1. The van der Waals surface area contributed by atoms with Crippen LogP contribution < -0.4 is 0 Å². The quantitative estimate of drug-likeness (QED) is 0.473. The summed E-state index contributed by atoms with van der Waals surface area (Å²) < 4.78 is 0. The Labute approximate surface area is 169 Å². The second-order valence-corrected chi connectivity index (χ2v) is 11.6. The Morgan fingerprint density at radius 2 is 1.89 bits per heavy atom. The lowest BCUT2D eigenvalue weighted by Gasteiger charge is -2.58. The Morgan fingerprint density at radius 1 is 1.07 bits per heavy atom. The van der Waals surface area contributed by atoms with E-state index < -0.39 is 0 Å². The average molecular weight is 372 g/mol. The minimum atomic E-state index is 0.567. The highest BCUT2D eigenvalue weighted by molar-refractivity contribution is 5.24. The van der Waals surface area contributed by atoms with Crippen LogP contribution in [0, 0.1) is 40.4 Å². The molecule has 1 heteroatoms. The Balaban J connectivity index is 1.49. The van der Waals surface area contributed by atoms with Crippen LogP contribution in [0.15, 0.2) is 11.6 Å². The van der Waals surface area contributed by atoms with Gasteiger partial charge < -0.3 is 4.90 Å². The molecule has 0 unspecified atom stereocenters. The number of fused-ring (bicyclic) bond motifs is 5. The zero-order valence-electron chi connectivity index (χ0n) is 18.9. The molecule has 3 fully saturated rings. The molecule has 4 aliphatic carbocycles. The molecule has 4 aliphatic rings. The van der Waals surface area contributed by atoms with Gasteiger partial charge in [-0.25, -0.2) is 0 Å². The van der Waals surface area contributed by atoms with Crippen LogP contribution in [0.2, 0.25) is 0 Å². The molecule has 0 aromatic carbocycles. The summed E-state index contributed by atoms with van der Waals surface area (Å²) in [6.45, 7) is 9.22. The molecule has 0 spiro atoms. The largest absolute Gasteiger partial charge is 0.309 e. The van der Waals surface area contributed by atoms with Gasteiger partial charge in [0, 0.05) is 0 Å². The maximum atomic E-state index is 2.74. The predicted molar refractivity (Wildman–Crippen MR) is 117 cm³/mol. The summed E-state index contributed by atoms with van der Waals surface area (Å²) in [5, 5.41) is 0. The first-order valence-corrected chi connectivity index (χ1v) is 12.2. The Hall–Kier alpha value is -0.300. The van der Waals surface area contributed by atoms with Gasteiger partial charge in [-0.3, -0.25) is 0 Å². The summed E-state index contributed by atoms with van der Waals surface area (Å²) in [5.41, 5.74) is 3.07. The molecule has 3 saturated carbocycles. The van der Waals surface area contributed by atoms with Gasteiger partial charge in [-0.2, -0.15) is 0 Å². The summed E-state index contributed by atoms with van der Waals surface area (Å²) >= 11 is 0. The Morgan fingerprint density at radius 3 is 2.67 bits per heavy atom. The molecule has 0 heterocycles. The normalized spacial score (nSPS) is 45.0. The number of hydrogen-bond donors (Lipinski definition) is 0. The smallest absolute Gasteiger partial charge is 0.00247 e. The number of rotatable bonds is 5. The standard InChI is InChI=1S/C26H45N/c1-19(9-8-18-27(4)5)22-13-14-23-21-12-11-20-10-6-7-16-25(20,2)24(21)15-17-26(22,23)3/h11,19,21-24H,6-10,12-18H2,1-5H3/t19-,21+,22-,23+,24+,25+,26-/m1/s1. The fraction of sp³-hybridized carbons (Fsp3) is 0.923. The van der Waals surface area contributed by atoms with Crippen LogP contribution in [0.4, 0.5) is 0 Å². The monoisotopic (exact) mass is 371 g/mol. The summed E-state index contributed by atoms with van der Waals surface area (Å²) in [4.78, 5) is 2.36. The fourth-order valence-corrected chi connectivity index (χ4v) is 8.60.